The summed E-state index contributed by atoms with van der Waals surface area (Å²) in [6, 6.07) is 4.55. The van der Waals surface area contributed by atoms with Crippen molar-refractivity contribution < 1.29 is 22.6 Å². The van der Waals surface area contributed by atoms with E-state index in [1.165, 1.54) is 12.1 Å². The lowest BCUT2D eigenvalue weighted by molar-refractivity contribution is -0.140. The lowest BCUT2D eigenvalue weighted by atomic mass is 9.96. The van der Waals surface area contributed by atoms with Crippen molar-refractivity contribution in [1.29, 1.82) is 0 Å². The van der Waals surface area contributed by atoms with Crippen LogP contribution in [0, 0.1) is 0 Å². The predicted molar refractivity (Wildman–Crippen MR) is 62.1 cm³/mol. The fourth-order valence-electron chi connectivity index (χ4n) is 2.12. The summed E-state index contributed by atoms with van der Waals surface area (Å²) in [5, 5.41) is 0. The Morgan fingerprint density at radius 3 is 2.58 bits per heavy atom. The van der Waals surface area contributed by atoms with E-state index in [0.717, 1.165) is 6.07 Å². The maximum Gasteiger partial charge on any atom is 0.416 e. The Labute approximate surface area is 108 Å². The molecule has 0 spiro atoms. The first kappa shape index (κ1) is 14.3. The fourth-order valence-corrected chi connectivity index (χ4v) is 2.12. The highest BCUT2D eigenvalue weighted by Gasteiger charge is 2.37. The Morgan fingerprint density at radius 1 is 1.26 bits per heavy atom. The number of hydrogen-bond donors (Lipinski definition) is 2. The van der Waals surface area contributed by atoms with Crippen LogP contribution in [0.1, 0.15) is 17.2 Å². The maximum atomic E-state index is 13.0. The second kappa shape index (κ2) is 5.87. The van der Waals surface area contributed by atoms with E-state index in [-0.39, 0.29) is 12.2 Å². The minimum atomic E-state index is -4.43. The summed E-state index contributed by atoms with van der Waals surface area (Å²) in [6.07, 6.45) is -4.97. The molecular formula is C12H15F3N2O2. The van der Waals surface area contributed by atoms with Crippen LogP contribution in [-0.4, -0.2) is 25.9 Å². The van der Waals surface area contributed by atoms with Crippen LogP contribution in [0.25, 0.3) is 0 Å². The van der Waals surface area contributed by atoms with Crippen LogP contribution in [0.2, 0.25) is 0 Å². The summed E-state index contributed by atoms with van der Waals surface area (Å²) in [4.78, 5) is 0. The third kappa shape index (κ3) is 3.24. The van der Waals surface area contributed by atoms with Gasteiger partial charge in [0.2, 0.25) is 0 Å². The van der Waals surface area contributed by atoms with Gasteiger partial charge in [-0.1, -0.05) is 18.2 Å². The highest BCUT2D eigenvalue weighted by molar-refractivity contribution is 5.33. The Morgan fingerprint density at radius 2 is 2.00 bits per heavy atom. The van der Waals surface area contributed by atoms with Gasteiger partial charge in [0, 0.05) is 0 Å². The standard InChI is InChI=1S/C12H15F3N2O2/c13-12(14,15)9-4-2-1-3-8(9)11(17-16)10-7-18-5-6-19-10/h1-4,10-11,17H,5-7,16H2. The molecule has 0 radical (unpaired) electrons. The number of halogens is 3. The number of ether oxygens (including phenoxy) is 2. The van der Waals surface area contributed by atoms with Gasteiger partial charge in [-0.25, -0.2) is 0 Å². The van der Waals surface area contributed by atoms with Gasteiger partial charge in [-0.2, -0.15) is 13.2 Å². The first-order valence-corrected chi connectivity index (χ1v) is 5.85. The summed E-state index contributed by atoms with van der Waals surface area (Å²) >= 11 is 0. The summed E-state index contributed by atoms with van der Waals surface area (Å²) in [6.45, 7) is 0.993. The topological polar surface area (TPSA) is 56.5 Å². The zero-order valence-electron chi connectivity index (χ0n) is 10.1. The molecule has 2 rings (SSSR count). The van der Waals surface area contributed by atoms with Gasteiger partial charge in [0.25, 0.3) is 0 Å². The van der Waals surface area contributed by atoms with Gasteiger partial charge in [-0.3, -0.25) is 11.3 Å². The van der Waals surface area contributed by atoms with Gasteiger partial charge in [-0.15, -0.1) is 0 Å². The normalized spacial score (nSPS) is 22.2. The largest absolute Gasteiger partial charge is 0.416 e. The van der Waals surface area contributed by atoms with Crippen molar-refractivity contribution in [2.24, 2.45) is 5.84 Å². The Balaban J connectivity index is 2.32. The first-order chi connectivity index (χ1) is 9.04. The van der Waals surface area contributed by atoms with Crippen LogP contribution in [0.5, 0.6) is 0 Å². The summed E-state index contributed by atoms with van der Waals surface area (Å²) < 4.78 is 49.5. The summed E-state index contributed by atoms with van der Waals surface area (Å²) in [5.41, 5.74) is 1.74. The van der Waals surface area contributed by atoms with E-state index < -0.39 is 23.9 Å². The number of hydrazine groups is 1. The molecule has 1 aliphatic heterocycles. The van der Waals surface area contributed by atoms with E-state index in [2.05, 4.69) is 5.43 Å². The van der Waals surface area contributed by atoms with Crippen molar-refractivity contribution >= 4 is 0 Å². The molecule has 1 aliphatic rings. The predicted octanol–water partition coefficient (Wildman–Crippen LogP) is 1.63. The number of nitrogens with one attached hydrogen (secondary N) is 1. The molecule has 2 atom stereocenters. The number of benzene rings is 1. The van der Waals surface area contributed by atoms with Gasteiger partial charge in [0.05, 0.1) is 31.4 Å². The third-order valence-corrected chi connectivity index (χ3v) is 2.99. The Bertz CT molecular complexity index is 420. The molecule has 1 aromatic carbocycles. The van der Waals surface area contributed by atoms with Crippen LogP contribution in [0.4, 0.5) is 13.2 Å². The van der Waals surface area contributed by atoms with Gasteiger partial charge in [0.1, 0.15) is 6.10 Å². The molecule has 0 bridgehead atoms. The lowest BCUT2D eigenvalue weighted by Gasteiger charge is -2.31. The smallest absolute Gasteiger partial charge is 0.376 e. The van der Waals surface area contributed by atoms with Crippen molar-refractivity contribution in [1.82, 2.24) is 5.43 Å². The van der Waals surface area contributed by atoms with Gasteiger partial charge in [-0.05, 0) is 11.6 Å². The fraction of sp³-hybridized carbons (Fsp3) is 0.500. The first-order valence-electron chi connectivity index (χ1n) is 5.85. The third-order valence-electron chi connectivity index (χ3n) is 2.99. The van der Waals surface area contributed by atoms with E-state index in [9.17, 15) is 13.2 Å². The van der Waals surface area contributed by atoms with Gasteiger partial charge in [0.15, 0.2) is 0 Å². The minimum Gasteiger partial charge on any atom is -0.376 e. The van der Waals surface area contributed by atoms with E-state index in [1.54, 1.807) is 6.07 Å². The molecular weight excluding hydrogens is 261 g/mol. The van der Waals surface area contributed by atoms with Crippen LogP contribution in [0.15, 0.2) is 24.3 Å². The molecule has 1 fully saturated rings. The van der Waals surface area contributed by atoms with Crippen molar-refractivity contribution in [2.45, 2.75) is 18.3 Å². The van der Waals surface area contributed by atoms with Crippen LogP contribution in [-0.2, 0) is 15.7 Å². The van der Waals surface area contributed by atoms with Crippen LogP contribution >= 0.6 is 0 Å². The summed E-state index contributed by atoms with van der Waals surface area (Å²) in [7, 11) is 0. The Kier molecular flexibility index (Phi) is 4.41. The average molecular weight is 276 g/mol. The van der Waals surface area contributed by atoms with Crippen molar-refractivity contribution in [3.8, 4) is 0 Å². The van der Waals surface area contributed by atoms with E-state index in [4.69, 9.17) is 15.3 Å². The van der Waals surface area contributed by atoms with Gasteiger partial charge < -0.3 is 9.47 Å². The molecule has 0 amide bonds. The van der Waals surface area contributed by atoms with E-state index in [0.29, 0.717) is 13.2 Å². The monoisotopic (exact) mass is 276 g/mol. The molecule has 1 aromatic rings. The molecule has 19 heavy (non-hydrogen) atoms. The minimum absolute atomic E-state index is 0.0630. The molecule has 0 saturated carbocycles. The number of alkyl halides is 3. The zero-order valence-corrected chi connectivity index (χ0v) is 10.1. The second-order valence-corrected chi connectivity index (χ2v) is 4.21. The Hall–Kier alpha value is -1.15. The molecule has 2 unspecified atom stereocenters. The second-order valence-electron chi connectivity index (χ2n) is 4.21. The highest BCUT2D eigenvalue weighted by Crippen LogP contribution is 2.35. The highest BCUT2D eigenvalue weighted by atomic mass is 19.4. The molecule has 4 nitrogen and oxygen atoms in total. The molecule has 1 heterocycles. The van der Waals surface area contributed by atoms with E-state index >= 15 is 0 Å². The molecule has 3 N–H and O–H groups in total. The van der Waals surface area contributed by atoms with Crippen LogP contribution in [0.3, 0.4) is 0 Å². The van der Waals surface area contributed by atoms with Crippen molar-refractivity contribution in [3.05, 3.63) is 35.4 Å². The SMILES string of the molecule is NNC(c1ccccc1C(F)(F)F)C1COCCO1. The van der Waals surface area contributed by atoms with Crippen LogP contribution < -0.4 is 11.3 Å². The molecule has 0 aliphatic carbocycles. The average Bonchev–Trinajstić information content (AvgIpc) is 2.40. The lowest BCUT2D eigenvalue weighted by Crippen LogP contribution is -2.44. The molecule has 1 saturated heterocycles. The maximum absolute atomic E-state index is 13.0. The molecule has 0 aromatic heterocycles. The summed E-state index contributed by atoms with van der Waals surface area (Å²) in [5.74, 6) is 5.39. The quantitative estimate of drug-likeness (QED) is 0.650. The molecule has 7 heteroatoms. The van der Waals surface area contributed by atoms with E-state index in [1.807, 2.05) is 0 Å². The number of nitrogens with two attached hydrogens (primary N) is 1. The van der Waals surface area contributed by atoms with Crippen molar-refractivity contribution in [2.75, 3.05) is 19.8 Å². The molecule has 106 valence electrons. The zero-order chi connectivity index (χ0) is 13.9. The van der Waals surface area contributed by atoms with Crippen molar-refractivity contribution in [3.63, 3.8) is 0 Å². The number of hydrogen-bond acceptors (Lipinski definition) is 4. The number of rotatable bonds is 3. The van der Waals surface area contributed by atoms with Gasteiger partial charge >= 0.3 is 6.18 Å².